The second kappa shape index (κ2) is 8.86. The Labute approximate surface area is 157 Å². The molecule has 138 valence electrons. The van der Waals surface area contributed by atoms with Crippen molar-refractivity contribution in [3.05, 3.63) is 71.2 Å². The SMILES string of the molecule is CCNC(=NCc1ccc(C#N)cc1)NCCc1c[nH]c2cc(F)ccc12. The Bertz CT molecular complexity index is 966. The summed E-state index contributed by atoms with van der Waals surface area (Å²) in [4.78, 5) is 7.70. The number of H-pyrrole nitrogens is 1. The van der Waals surface area contributed by atoms with E-state index in [1.54, 1.807) is 18.2 Å². The predicted octanol–water partition coefficient (Wildman–Crippen LogP) is 3.48. The third-order valence-electron chi connectivity index (χ3n) is 4.26. The van der Waals surface area contributed by atoms with Crippen molar-refractivity contribution in [1.82, 2.24) is 15.6 Å². The molecule has 0 radical (unpaired) electrons. The van der Waals surface area contributed by atoms with Crippen LogP contribution in [-0.2, 0) is 13.0 Å². The van der Waals surface area contributed by atoms with Crippen LogP contribution in [0.3, 0.4) is 0 Å². The smallest absolute Gasteiger partial charge is 0.191 e. The molecule has 3 rings (SSSR count). The number of rotatable bonds is 6. The predicted molar refractivity (Wildman–Crippen MR) is 106 cm³/mol. The molecule has 3 N–H and O–H groups in total. The number of aliphatic imine (C=N–C) groups is 1. The maximum Gasteiger partial charge on any atom is 0.191 e. The minimum atomic E-state index is -0.238. The zero-order valence-electron chi connectivity index (χ0n) is 15.2. The van der Waals surface area contributed by atoms with Gasteiger partial charge in [-0.1, -0.05) is 12.1 Å². The van der Waals surface area contributed by atoms with Crippen LogP contribution in [0.25, 0.3) is 10.9 Å². The molecule has 0 aliphatic rings. The van der Waals surface area contributed by atoms with E-state index < -0.39 is 0 Å². The highest BCUT2D eigenvalue weighted by Crippen LogP contribution is 2.19. The molecule has 0 unspecified atom stereocenters. The number of fused-ring (bicyclic) bond motifs is 1. The molecular weight excluding hydrogens is 341 g/mol. The van der Waals surface area contributed by atoms with Gasteiger partial charge >= 0.3 is 0 Å². The molecule has 0 spiro atoms. The van der Waals surface area contributed by atoms with Gasteiger partial charge in [-0.2, -0.15) is 5.26 Å². The monoisotopic (exact) mass is 363 g/mol. The Morgan fingerprint density at radius 2 is 2.00 bits per heavy atom. The number of guanidine groups is 1. The van der Waals surface area contributed by atoms with Crippen LogP contribution in [-0.4, -0.2) is 24.0 Å². The molecule has 0 bridgehead atoms. The van der Waals surface area contributed by atoms with Crippen molar-refractivity contribution in [3.8, 4) is 6.07 Å². The Morgan fingerprint density at radius 1 is 1.19 bits per heavy atom. The summed E-state index contributed by atoms with van der Waals surface area (Å²) in [6.07, 6.45) is 2.72. The second-order valence-corrected chi connectivity index (χ2v) is 6.18. The van der Waals surface area contributed by atoms with Crippen LogP contribution in [0.15, 0.2) is 53.7 Å². The summed E-state index contributed by atoms with van der Waals surface area (Å²) < 4.78 is 13.3. The molecule has 1 aromatic heterocycles. The van der Waals surface area contributed by atoms with Gasteiger partial charge in [-0.15, -0.1) is 0 Å². The van der Waals surface area contributed by atoms with Gasteiger partial charge in [0.2, 0.25) is 0 Å². The first-order valence-corrected chi connectivity index (χ1v) is 8.96. The number of aromatic amines is 1. The summed E-state index contributed by atoms with van der Waals surface area (Å²) in [7, 11) is 0. The lowest BCUT2D eigenvalue weighted by Gasteiger charge is -2.11. The zero-order valence-corrected chi connectivity index (χ0v) is 15.2. The van der Waals surface area contributed by atoms with Crippen molar-refractivity contribution in [3.63, 3.8) is 0 Å². The fourth-order valence-corrected chi connectivity index (χ4v) is 2.88. The Balaban J connectivity index is 1.59. The maximum atomic E-state index is 13.3. The summed E-state index contributed by atoms with van der Waals surface area (Å²) >= 11 is 0. The van der Waals surface area contributed by atoms with Crippen molar-refractivity contribution in [2.45, 2.75) is 19.9 Å². The number of hydrogen-bond acceptors (Lipinski definition) is 2. The van der Waals surface area contributed by atoms with Crippen LogP contribution in [0.5, 0.6) is 0 Å². The van der Waals surface area contributed by atoms with Crippen LogP contribution in [0.1, 0.15) is 23.6 Å². The average molecular weight is 363 g/mol. The highest BCUT2D eigenvalue weighted by Gasteiger charge is 2.05. The Kier molecular flexibility index (Phi) is 6.06. The second-order valence-electron chi connectivity index (χ2n) is 6.18. The number of nitrogens with one attached hydrogen (secondary N) is 3. The van der Waals surface area contributed by atoms with E-state index in [9.17, 15) is 4.39 Å². The number of halogens is 1. The topological polar surface area (TPSA) is 76.0 Å². The quantitative estimate of drug-likeness (QED) is 0.464. The highest BCUT2D eigenvalue weighted by molar-refractivity contribution is 5.83. The van der Waals surface area contributed by atoms with Gasteiger partial charge < -0.3 is 15.6 Å². The van der Waals surface area contributed by atoms with Crippen molar-refractivity contribution >= 4 is 16.9 Å². The largest absolute Gasteiger partial charge is 0.361 e. The van der Waals surface area contributed by atoms with Gasteiger partial charge in [-0.05, 0) is 54.8 Å². The van der Waals surface area contributed by atoms with Gasteiger partial charge in [-0.3, -0.25) is 0 Å². The number of nitrogens with zero attached hydrogens (tertiary/aromatic N) is 2. The Hall–Kier alpha value is -3.33. The first-order chi connectivity index (χ1) is 13.2. The van der Waals surface area contributed by atoms with E-state index in [0.29, 0.717) is 18.7 Å². The lowest BCUT2D eigenvalue weighted by molar-refractivity contribution is 0.629. The molecule has 6 heteroatoms. The maximum absolute atomic E-state index is 13.3. The lowest BCUT2D eigenvalue weighted by Crippen LogP contribution is -2.38. The molecule has 5 nitrogen and oxygen atoms in total. The summed E-state index contributed by atoms with van der Waals surface area (Å²) in [6, 6.07) is 14.3. The molecule has 27 heavy (non-hydrogen) atoms. The van der Waals surface area contributed by atoms with Crippen LogP contribution in [0, 0.1) is 17.1 Å². The number of benzene rings is 2. The highest BCUT2D eigenvalue weighted by atomic mass is 19.1. The molecule has 0 saturated heterocycles. The van der Waals surface area contributed by atoms with Gasteiger partial charge in [0.15, 0.2) is 5.96 Å². The van der Waals surface area contributed by atoms with Gasteiger partial charge in [0.25, 0.3) is 0 Å². The van der Waals surface area contributed by atoms with Crippen molar-refractivity contribution in [2.75, 3.05) is 13.1 Å². The van der Waals surface area contributed by atoms with E-state index >= 15 is 0 Å². The third-order valence-corrected chi connectivity index (χ3v) is 4.26. The first-order valence-electron chi connectivity index (χ1n) is 8.96. The third kappa shape index (κ3) is 4.85. The Morgan fingerprint density at radius 3 is 2.74 bits per heavy atom. The normalized spacial score (nSPS) is 11.4. The van der Waals surface area contributed by atoms with Crippen molar-refractivity contribution in [1.29, 1.82) is 5.26 Å². The van der Waals surface area contributed by atoms with E-state index in [0.717, 1.165) is 41.0 Å². The van der Waals surface area contributed by atoms with Crippen molar-refractivity contribution in [2.24, 2.45) is 4.99 Å². The summed E-state index contributed by atoms with van der Waals surface area (Å²) in [5, 5.41) is 16.4. The standard InChI is InChI=1S/C21H22FN5/c1-2-24-21(27-13-16-5-3-15(12-23)4-6-16)25-10-9-17-14-26-20-11-18(22)7-8-19(17)20/h3-8,11,14,26H,2,9-10,13H2,1H3,(H2,24,25,27). The summed E-state index contributed by atoms with van der Waals surface area (Å²) in [5.74, 6) is 0.506. The van der Waals surface area contributed by atoms with Crippen LogP contribution < -0.4 is 10.6 Å². The molecule has 0 saturated carbocycles. The molecule has 0 aliphatic carbocycles. The van der Waals surface area contributed by atoms with E-state index in [2.05, 4.69) is 26.7 Å². The van der Waals surface area contributed by atoms with Crippen molar-refractivity contribution < 1.29 is 4.39 Å². The van der Waals surface area contributed by atoms with Crippen LogP contribution in [0.4, 0.5) is 4.39 Å². The van der Waals surface area contributed by atoms with E-state index in [4.69, 9.17) is 5.26 Å². The van der Waals surface area contributed by atoms with Gasteiger partial charge in [-0.25, -0.2) is 9.38 Å². The fraction of sp³-hybridized carbons (Fsp3) is 0.238. The van der Waals surface area contributed by atoms with Crippen LogP contribution in [0.2, 0.25) is 0 Å². The molecule has 1 heterocycles. The van der Waals surface area contributed by atoms with E-state index in [1.165, 1.54) is 12.1 Å². The summed E-state index contributed by atoms with van der Waals surface area (Å²) in [5.41, 5.74) is 3.64. The molecule has 3 aromatic rings. The molecule has 2 aromatic carbocycles. The average Bonchev–Trinajstić information content (AvgIpc) is 3.08. The fourth-order valence-electron chi connectivity index (χ4n) is 2.88. The van der Waals surface area contributed by atoms with Gasteiger partial charge in [0, 0.05) is 30.2 Å². The van der Waals surface area contributed by atoms with Gasteiger partial charge in [0.05, 0.1) is 18.2 Å². The summed E-state index contributed by atoms with van der Waals surface area (Å²) in [6.45, 7) is 4.04. The lowest BCUT2D eigenvalue weighted by atomic mass is 10.1. The zero-order chi connectivity index (χ0) is 19.1. The number of aromatic nitrogens is 1. The molecule has 0 aliphatic heterocycles. The minimum Gasteiger partial charge on any atom is -0.361 e. The molecule has 0 amide bonds. The molecular formula is C21H22FN5. The minimum absolute atomic E-state index is 0.238. The number of hydrogen-bond donors (Lipinski definition) is 3. The number of nitriles is 1. The molecule has 0 atom stereocenters. The first kappa shape index (κ1) is 18.5. The van der Waals surface area contributed by atoms with Gasteiger partial charge in [0.1, 0.15) is 5.82 Å². The van der Waals surface area contributed by atoms with Crippen LogP contribution >= 0.6 is 0 Å². The van der Waals surface area contributed by atoms with E-state index in [-0.39, 0.29) is 5.82 Å². The molecule has 0 fully saturated rings. The van der Waals surface area contributed by atoms with E-state index in [1.807, 2.05) is 25.3 Å².